The number of rotatable bonds is 5. The van der Waals surface area contributed by atoms with Crippen LogP contribution in [0.3, 0.4) is 0 Å². The van der Waals surface area contributed by atoms with Crippen molar-refractivity contribution in [2.45, 2.75) is 6.42 Å². The Morgan fingerprint density at radius 3 is 3.00 bits per heavy atom. The van der Waals surface area contributed by atoms with E-state index in [2.05, 4.69) is 20.7 Å². The first-order valence-electron chi connectivity index (χ1n) is 6.61. The maximum absolute atomic E-state index is 9.00. The second kappa shape index (κ2) is 6.47. The Bertz CT molecular complexity index is 713. The van der Waals surface area contributed by atoms with E-state index in [1.54, 1.807) is 6.20 Å². The third-order valence-electron chi connectivity index (χ3n) is 2.96. The van der Waals surface area contributed by atoms with Crippen molar-refractivity contribution in [2.75, 3.05) is 11.9 Å². The van der Waals surface area contributed by atoms with Crippen LogP contribution in [0.1, 0.15) is 5.56 Å². The van der Waals surface area contributed by atoms with E-state index in [-0.39, 0.29) is 6.61 Å². The Balaban J connectivity index is 1.82. The number of aromatic nitrogens is 2. The highest BCUT2D eigenvalue weighted by molar-refractivity contribution is 7.13. The molecule has 4 nitrogen and oxygen atoms in total. The maximum atomic E-state index is 9.00. The molecule has 5 heteroatoms. The Hall–Kier alpha value is -2.24. The van der Waals surface area contributed by atoms with Gasteiger partial charge in [0.1, 0.15) is 0 Å². The number of aliphatic hydroxyl groups is 1. The van der Waals surface area contributed by atoms with Gasteiger partial charge in [0.25, 0.3) is 0 Å². The van der Waals surface area contributed by atoms with E-state index in [4.69, 9.17) is 5.11 Å². The van der Waals surface area contributed by atoms with Gasteiger partial charge in [-0.05, 0) is 42.3 Å². The highest BCUT2D eigenvalue weighted by Crippen LogP contribution is 2.23. The Kier molecular flexibility index (Phi) is 4.23. The molecule has 1 aromatic carbocycles. The Morgan fingerprint density at radius 1 is 1.24 bits per heavy atom. The van der Waals surface area contributed by atoms with Crippen LogP contribution in [0.2, 0.25) is 0 Å². The van der Waals surface area contributed by atoms with Crippen molar-refractivity contribution in [2.24, 2.45) is 0 Å². The minimum absolute atomic E-state index is 0.143. The summed E-state index contributed by atoms with van der Waals surface area (Å²) in [5.41, 5.74) is 2.87. The van der Waals surface area contributed by atoms with E-state index in [0.29, 0.717) is 12.4 Å². The zero-order valence-corrected chi connectivity index (χ0v) is 12.1. The molecule has 21 heavy (non-hydrogen) atoms. The molecule has 2 heterocycles. The van der Waals surface area contributed by atoms with Gasteiger partial charge >= 0.3 is 0 Å². The highest BCUT2D eigenvalue weighted by Gasteiger charge is 2.04. The van der Waals surface area contributed by atoms with Crippen molar-refractivity contribution < 1.29 is 5.11 Å². The van der Waals surface area contributed by atoms with Gasteiger partial charge in [-0.3, -0.25) is 0 Å². The molecule has 1 radical (unpaired) electrons. The van der Waals surface area contributed by atoms with Gasteiger partial charge in [-0.25, -0.2) is 9.97 Å². The second-order valence-electron chi connectivity index (χ2n) is 4.48. The fourth-order valence-electron chi connectivity index (χ4n) is 2.00. The lowest BCUT2D eigenvalue weighted by Gasteiger charge is -2.07. The molecule has 0 atom stereocenters. The first-order chi connectivity index (χ1) is 10.3. The fraction of sp³-hybridized carbons (Fsp3) is 0.125. The van der Waals surface area contributed by atoms with E-state index in [1.807, 2.05) is 42.5 Å². The predicted molar refractivity (Wildman–Crippen MR) is 84.7 cm³/mol. The summed E-state index contributed by atoms with van der Waals surface area (Å²) in [6.45, 7) is 0.143. The Morgan fingerprint density at radius 2 is 2.19 bits per heavy atom. The number of benzene rings is 1. The number of hydrogen-bond acceptors (Lipinski definition) is 5. The molecule has 0 amide bonds. The summed E-state index contributed by atoms with van der Waals surface area (Å²) in [4.78, 5) is 9.81. The number of anilines is 2. The van der Waals surface area contributed by atoms with Gasteiger partial charge < -0.3 is 10.4 Å². The van der Waals surface area contributed by atoms with E-state index in [0.717, 1.165) is 21.8 Å². The first kappa shape index (κ1) is 13.7. The minimum Gasteiger partial charge on any atom is -0.396 e. The van der Waals surface area contributed by atoms with Crippen LogP contribution in [0.5, 0.6) is 0 Å². The summed E-state index contributed by atoms with van der Waals surface area (Å²) in [6, 6.07) is 13.6. The smallest absolute Gasteiger partial charge is 0.227 e. The molecule has 0 bridgehead atoms. The van der Waals surface area contributed by atoms with Gasteiger partial charge in [-0.15, -0.1) is 11.3 Å². The van der Waals surface area contributed by atoms with Crippen LogP contribution in [-0.2, 0) is 6.42 Å². The fourth-order valence-corrected chi connectivity index (χ4v) is 2.62. The monoisotopic (exact) mass is 296 g/mol. The van der Waals surface area contributed by atoms with Gasteiger partial charge in [-0.1, -0.05) is 12.1 Å². The summed E-state index contributed by atoms with van der Waals surface area (Å²) in [5, 5.41) is 15.2. The summed E-state index contributed by atoms with van der Waals surface area (Å²) < 4.78 is 0. The third kappa shape index (κ3) is 3.45. The molecule has 3 rings (SSSR count). The molecule has 0 aliphatic heterocycles. The van der Waals surface area contributed by atoms with Crippen LogP contribution in [0, 0.1) is 5.38 Å². The van der Waals surface area contributed by atoms with E-state index < -0.39 is 0 Å². The normalized spacial score (nSPS) is 10.5. The van der Waals surface area contributed by atoms with E-state index in [9.17, 15) is 0 Å². The van der Waals surface area contributed by atoms with Crippen LogP contribution in [0.4, 0.5) is 11.6 Å². The average Bonchev–Trinajstić information content (AvgIpc) is 3.03. The molecule has 0 aliphatic carbocycles. The number of nitrogens with one attached hydrogen (secondary N) is 1. The minimum atomic E-state index is 0.143. The van der Waals surface area contributed by atoms with Crippen LogP contribution < -0.4 is 5.32 Å². The SMILES string of the molecule is OCCc1cccc(Nc2nccc(-c3cc[c]s3)n2)c1. The largest absolute Gasteiger partial charge is 0.396 e. The standard InChI is InChI=1S/C16H14N3OS/c20-9-7-12-3-1-4-13(11-12)18-16-17-8-6-14(19-16)15-5-2-10-21-15/h1-6,8,11,20H,7,9H2,(H,17,18,19). The number of aliphatic hydroxyl groups excluding tert-OH is 1. The third-order valence-corrected chi connectivity index (χ3v) is 3.78. The van der Waals surface area contributed by atoms with Crippen molar-refractivity contribution in [1.82, 2.24) is 9.97 Å². The van der Waals surface area contributed by atoms with Gasteiger partial charge in [0.2, 0.25) is 5.95 Å². The lowest BCUT2D eigenvalue weighted by Crippen LogP contribution is -1.98. The van der Waals surface area contributed by atoms with Crippen molar-refractivity contribution in [1.29, 1.82) is 0 Å². The van der Waals surface area contributed by atoms with Crippen molar-refractivity contribution >= 4 is 23.0 Å². The van der Waals surface area contributed by atoms with Gasteiger partial charge in [0, 0.05) is 23.9 Å². The molecular formula is C16H14N3OS. The molecule has 0 unspecified atom stereocenters. The molecule has 0 fully saturated rings. The molecule has 0 saturated heterocycles. The highest BCUT2D eigenvalue weighted by atomic mass is 32.1. The summed E-state index contributed by atoms with van der Waals surface area (Å²) in [6.07, 6.45) is 2.38. The van der Waals surface area contributed by atoms with Crippen LogP contribution in [-0.4, -0.2) is 21.7 Å². The Labute approximate surface area is 127 Å². The molecular weight excluding hydrogens is 282 g/mol. The zero-order chi connectivity index (χ0) is 14.5. The van der Waals surface area contributed by atoms with Gasteiger partial charge in [-0.2, -0.15) is 0 Å². The lowest BCUT2D eigenvalue weighted by molar-refractivity contribution is 0.299. The number of hydrogen-bond donors (Lipinski definition) is 2. The van der Waals surface area contributed by atoms with Crippen molar-refractivity contribution in [3.63, 3.8) is 0 Å². The number of thiophene rings is 1. The molecule has 0 saturated carbocycles. The molecule has 2 aromatic heterocycles. The summed E-state index contributed by atoms with van der Waals surface area (Å²) in [5.74, 6) is 0.557. The van der Waals surface area contributed by atoms with Crippen molar-refractivity contribution in [3.8, 4) is 10.6 Å². The predicted octanol–water partition coefficient (Wildman–Crippen LogP) is 3.28. The van der Waals surface area contributed by atoms with Crippen LogP contribution >= 0.6 is 11.3 Å². The molecule has 2 N–H and O–H groups in total. The average molecular weight is 296 g/mol. The number of nitrogens with zero attached hydrogens (tertiary/aromatic N) is 2. The van der Waals surface area contributed by atoms with Gasteiger partial charge in [0.05, 0.1) is 10.6 Å². The van der Waals surface area contributed by atoms with Crippen LogP contribution in [0.15, 0.2) is 48.7 Å². The van der Waals surface area contributed by atoms with Crippen LogP contribution in [0.25, 0.3) is 10.6 Å². The summed E-state index contributed by atoms with van der Waals surface area (Å²) >= 11 is 1.53. The van der Waals surface area contributed by atoms with Crippen molar-refractivity contribution in [3.05, 3.63) is 59.6 Å². The quantitative estimate of drug-likeness (QED) is 0.758. The molecule has 105 valence electrons. The molecule has 0 aliphatic rings. The van der Waals surface area contributed by atoms with E-state index in [1.165, 1.54) is 11.3 Å². The summed E-state index contributed by atoms with van der Waals surface area (Å²) in [7, 11) is 0. The second-order valence-corrected chi connectivity index (χ2v) is 5.36. The zero-order valence-electron chi connectivity index (χ0n) is 11.3. The van der Waals surface area contributed by atoms with Gasteiger partial charge in [0.15, 0.2) is 0 Å². The lowest BCUT2D eigenvalue weighted by atomic mass is 10.1. The topological polar surface area (TPSA) is 58.0 Å². The maximum Gasteiger partial charge on any atom is 0.227 e. The van der Waals surface area contributed by atoms with E-state index >= 15 is 0 Å². The molecule has 3 aromatic rings. The first-order valence-corrected chi connectivity index (χ1v) is 7.43. The molecule has 0 spiro atoms.